The van der Waals surface area contributed by atoms with Gasteiger partial charge in [-0.25, -0.2) is 8.42 Å². The van der Waals surface area contributed by atoms with E-state index in [9.17, 15) is 17.9 Å². The second-order valence-corrected chi connectivity index (χ2v) is 10.7. The van der Waals surface area contributed by atoms with Gasteiger partial charge in [-0.1, -0.05) is 108 Å². The maximum absolute atomic E-state index is 10.5. The minimum atomic E-state index is -4.41. The molecule has 8 heteroatoms. The zero-order valence-electron chi connectivity index (χ0n) is 22.9. The summed E-state index contributed by atoms with van der Waals surface area (Å²) in [6.07, 6.45) is 24.2. The van der Waals surface area contributed by atoms with Gasteiger partial charge in [-0.05, 0) is 26.7 Å². The summed E-state index contributed by atoms with van der Waals surface area (Å²) < 4.78 is 32.1. The van der Waals surface area contributed by atoms with Crippen LogP contribution in [0.3, 0.4) is 0 Å². The summed E-state index contributed by atoms with van der Waals surface area (Å²) in [4.78, 5) is 10.5. The van der Waals surface area contributed by atoms with Crippen molar-refractivity contribution in [3.8, 4) is 0 Å². The molecule has 0 aliphatic rings. The van der Waals surface area contributed by atoms with Gasteiger partial charge in [-0.15, -0.1) is 0 Å². The van der Waals surface area contributed by atoms with Crippen molar-refractivity contribution in [3.05, 3.63) is 4.91 Å². The van der Waals surface area contributed by atoms with Gasteiger partial charge in [0.05, 0.1) is 26.7 Å². The molecule has 0 aromatic rings. The lowest BCUT2D eigenvalue weighted by Crippen LogP contribution is -2.50. The molecule has 0 aliphatic heterocycles. The van der Waals surface area contributed by atoms with Crippen molar-refractivity contribution in [2.75, 3.05) is 39.8 Å². The van der Waals surface area contributed by atoms with Crippen molar-refractivity contribution in [1.82, 2.24) is 0 Å². The van der Waals surface area contributed by atoms with Crippen molar-refractivity contribution in [2.45, 2.75) is 130 Å². The molecule has 0 rings (SSSR count). The monoisotopic (exact) mass is 508 g/mol. The lowest BCUT2D eigenvalue weighted by atomic mass is 10.0. The third kappa shape index (κ3) is 26.0. The van der Waals surface area contributed by atoms with E-state index >= 15 is 0 Å². The van der Waals surface area contributed by atoms with E-state index in [1.165, 1.54) is 116 Å². The fourth-order valence-corrected chi connectivity index (χ4v) is 4.39. The Kier molecular flexibility index (Phi) is 26.7. The highest BCUT2D eigenvalue weighted by Crippen LogP contribution is 2.15. The molecule has 0 aromatic carbocycles. The number of hydrogen-bond acceptors (Lipinski definition) is 6. The Labute approximate surface area is 211 Å². The third-order valence-corrected chi connectivity index (χ3v) is 7.36. The molecule has 34 heavy (non-hydrogen) atoms. The van der Waals surface area contributed by atoms with Crippen molar-refractivity contribution in [2.24, 2.45) is 5.18 Å². The van der Waals surface area contributed by atoms with E-state index in [0.717, 1.165) is 31.2 Å². The van der Waals surface area contributed by atoms with Crippen LogP contribution in [0.5, 0.6) is 0 Å². The summed E-state index contributed by atoms with van der Waals surface area (Å²) in [7, 11) is -3.60. The van der Waals surface area contributed by atoms with Gasteiger partial charge in [0.1, 0.15) is 13.1 Å². The van der Waals surface area contributed by atoms with E-state index in [-0.39, 0.29) is 0 Å². The first-order valence-corrected chi connectivity index (χ1v) is 15.3. The number of nitrogens with zero attached hydrogens (tertiary/aromatic N) is 2. The lowest BCUT2D eigenvalue weighted by Gasteiger charge is -2.36. The van der Waals surface area contributed by atoms with E-state index in [0.29, 0.717) is 6.54 Å². The second kappa shape index (κ2) is 25.5. The van der Waals surface area contributed by atoms with Gasteiger partial charge in [-0.3, -0.25) is 4.18 Å². The first-order chi connectivity index (χ1) is 16.3. The molecule has 0 saturated heterocycles. The van der Waals surface area contributed by atoms with E-state index in [1.807, 2.05) is 0 Å². The molecule has 0 amide bonds. The van der Waals surface area contributed by atoms with Crippen LogP contribution >= 0.6 is 0 Å². The number of rotatable bonds is 24. The van der Waals surface area contributed by atoms with Gasteiger partial charge >= 0.3 is 0 Å². The van der Waals surface area contributed by atoms with E-state index in [2.05, 4.69) is 30.1 Å². The average Bonchev–Trinajstić information content (AvgIpc) is 2.83. The quantitative estimate of drug-likeness (QED) is 0.0446. The third-order valence-electron chi connectivity index (χ3n) is 6.95. The molecule has 0 unspecified atom stereocenters. The molecule has 0 spiro atoms. The number of unbranched alkanes of at least 4 members (excludes halogenated alkanes) is 16. The molecule has 0 bridgehead atoms. The van der Waals surface area contributed by atoms with Crippen LogP contribution in [0, 0.1) is 4.91 Å². The summed E-state index contributed by atoms with van der Waals surface area (Å²) in [5, 5.41) is 3.08. The molecule has 0 radical (unpaired) electrons. The fraction of sp³-hybridized carbons (Fsp3) is 1.00. The van der Waals surface area contributed by atoms with Gasteiger partial charge in [-0.2, -0.15) is 4.91 Å². The van der Waals surface area contributed by atoms with Crippen LogP contribution in [-0.2, 0) is 14.6 Å². The van der Waals surface area contributed by atoms with E-state index in [1.54, 1.807) is 0 Å². The molecule has 0 aliphatic carbocycles. The standard InChI is InChI=1S/C25H53N2O.CH4O4S/c1-4-7-8-9-10-11-12-13-14-15-16-17-18-19-20-21-22-24-27(5-2,6-3)25-23-26-28;1-5-6(2,3)4/h4-25H2,1-3H3;1H3,(H,2,3,4)/q+1;/p-1. The van der Waals surface area contributed by atoms with Gasteiger partial charge in [0.15, 0.2) is 0 Å². The second-order valence-electron chi connectivity index (χ2n) is 9.51. The lowest BCUT2D eigenvalue weighted by molar-refractivity contribution is -0.923. The van der Waals surface area contributed by atoms with Crippen molar-refractivity contribution < 1.29 is 21.6 Å². The average molecular weight is 509 g/mol. The first-order valence-electron chi connectivity index (χ1n) is 14.0. The Balaban J connectivity index is 0. The fourth-order valence-electron chi connectivity index (χ4n) is 4.39. The molecule has 206 valence electrons. The van der Waals surface area contributed by atoms with Gasteiger partial charge < -0.3 is 9.04 Å². The van der Waals surface area contributed by atoms with E-state index in [4.69, 9.17) is 0 Å². The van der Waals surface area contributed by atoms with Crippen LogP contribution in [0.4, 0.5) is 0 Å². The molecule has 7 nitrogen and oxygen atoms in total. The van der Waals surface area contributed by atoms with Gasteiger partial charge in [0.25, 0.3) is 0 Å². The minimum absolute atomic E-state index is 0.473. The van der Waals surface area contributed by atoms with Crippen LogP contribution < -0.4 is 0 Å². The molecular weight excluding hydrogens is 452 g/mol. The molecular formula is C26H56N2O5S. The Morgan fingerprint density at radius 3 is 1.24 bits per heavy atom. The number of hydrogen-bond donors (Lipinski definition) is 0. The zero-order chi connectivity index (χ0) is 26.0. The normalized spacial score (nSPS) is 11.8. The molecule has 0 atom stereocenters. The Bertz CT molecular complexity index is 525. The van der Waals surface area contributed by atoms with Crippen LogP contribution in [0.2, 0.25) is 0 Å². The highest BCUT2D eigenvalue weighted by atomic mass is 32.3. The molecule has 0 aromatic heterocycles. The first kappa shape index (κ1) is 35.6. The SMILES string of the molecule is CCCCCCCCCCCCCCCCCCC[N+](CC)(CC)CCN=O.COS(=O)(=O)[O-]. The summed E-state index contributed by atoms with van der Waals surface area (Å²) in [5.74, 6) is 0. The summed E-state index contributed by atoms with van der Waals surface area (Å²) in [5.41, 5.74) is 0. The minimum Gasteiger partial charge on any atom is -0.726 e. The van der Waals surface area contributed by atoms with Crippen LogP contribution in [0.15, 0.2) is 5.18 Å². The highest BCUT2D eigenvalue weighted by Gasteiger charge is 2.22. The molecule has 0 N–H and O–H groups in total. The summed E-state index contributed by atoms with van der Waals surface area (Å²) in [6, 6.07) is 0. The molecule has 0 fully saturated rings. The largest absolute Gasteiger partial charge is 0.726 e. The maximum Gasteiger partial charge on any atom is 0.217 e. The Hall–Kier alpha value is -0.570. The van der Waals surface area contributed by atoms with E-state index < -0.39 is 10.4 Å². The number of likely N-dealkylation sites (N-methyl/N-ethyl adjacent to an activating group) is 1. The van der Waals surface area contributed by atoms with Crippen molar-refractivity contribution in [1.29, 1.82) is 0 Å². The maximum atomic E-state index is 10.5. The predicted molar refractivity (Wildman–Crippen MR) is 143 cm³/mol. The molecule has 0 saturated carbocycles. The Morgan fingerprint density at radius 2 is 0.971 bits per heavy atom. The van der Waals surface area contributed by atoms with Crippen LogP contribution in [0.1, 0.15) is 130 Å². The number of nitroso groups, excluding NO2 is 1. The van der Waals surface area contributed by atoms with Crippen molar-refractivity contribution in [3.63, 3.8) is 0 Å². The topological polar surface area (TPSA) is 95.9 Å². The summed E-state index contributed by atoms with van der Waals surface area (Å²) >= 11 is 0. The van der Waals surface area contributed by atoms with Gasteiger partial charge in [0, 0.05) is 0 Å². The highest BCUT2D eigenvalue weighted by molar-refractivity contribution is 7.80. The predicted octanol–water partition coefficient (Wildman–Crippen LogP) is 7.35. The van der Waals surface area contributed by atoms with Gasteiger partial charge in [0.2, 0.25) is 10.4 Å². The summed E-state index contributed by atoms with van der Waals surface area (Å²) in [6.45, 7) is 11.7. The van der Waals surface area contributed by atoms with Crippen LogP contribution in [0.25, 0.3) is 0 Å². The Morgan fingerprint density at radius 1 is 0.647 bits per heavy atom. The number of quaternary nitrogens is 1. The zero-order valence-corrected chi connectivity index (χ0v) is 23.7. The van der Waals surface area contributed by atoms with Crippen LogP contribution in [-0.4, -0.2) is 57.3 Å². The molecule has 0 heterocycles. The van der Waals surface area contributed by atoms with Crippen molar-refractivity contribution >= 4 is 10.4 Å². The smallest absolute Gasteiger partial charge is 0.217 e.